The van der Waals surface area contributed by atoms with Crippen LogP contribution in [0.1, 0.15) is 19.4 Å². The van der Waals surface area contributed by atoms with Gasteiger partial charge < -0.3 is 14.8 Å². The lowest BCUT2D eigenvalue weighted by atomic mass is 10.2. The average molecular weight is 262 g/mol. The normalized spacial score (nSPS) is 13.4. The molecule has 0 aliphatic carbocycles. The Bertz CT molecular complexity index is 468. The molecule has 0 bridgehead atoms. The molecule has 1 rings (SSSR count). The molecule has 0 spiro atoms. The van der Waals surface area contributed by atoms with E-state index < -0.39 is 6.10 Å². The highest BCUT2D eigenvalue weighted by atomic mass is 16.5. The molecule has 2 unspecified atom stereocenters. The molecule has 5 heteroatoms. The summed E-state index contributed by atoms with van der Waals surface area (Å²) in [6, 6.07) is 8.75. The number of methoxy groups -OCH3 is 1. The predicted octanol–water partition coefficient (Wildman–Crippen LogP) is 1.94. The molecule has 102 valence electrons. The van der Waals surface area contributed by atoms with E-state index in [-0.39, 0.29) is 12.0 Å². The molecule has 0 fully saturated rings. The molecule has 0 heterocycles. The van der Waals surface area contributed by atoms with Crippen molar-refractivity contribution in [2.45, 2.75) is 26.1 Å². The number of hydrogen-bond acceptors (Lipinski definition) is 4. The molecule has 0 radical (unpaired) electrons. The summed E-state index contributed by atoms with van der Waals surface area (Å²) < 4.78 is 10.4. The van der Waals surface area contributed by atoms with Crippen molar-refractivity contribution < 1.29 is 14.3 Å². The van der Waals surface area contributed by atoms with E-state index in [2.05, 4.69) is 5.32 Å². The van der Waals surface area contributed by atoms with Crippen LogP contribution in [0.3, 0.4) is 0 Å². The van der Waals surface area contributed by atoms with Gasteiger partial charge in [-0.15, -0.1) is 0 Å². The van der Waals surface area contributed by atoms with Gasteiger partial charge in [-0.2, -0.15) is 5.26 Å². The van der Waals surface area contributed by atoms with Gasteiger partial charge in [0.15, 0.2) is 0 Å². The largest absolute Gasteiger partial charge is 0.382 e. The number of benzene rings is 1. The van der Waals surface area contributed by atoms with Gasteiger partial charge in [0.05, 0.1) is 24.3 Å². The Labute approximate surface area is 113 Å². The molecule has 2 atom stereocenters. The second-order valence-corrected chi connectivity index (χ2v) is 4.23. The SMILES string of the molecule is COCC(C)OC(C)C(=O)Nc1cccc(C#N)c1. The van der Waals surface area contributed by atoms with E-state index in [4.69, 9.17) is 14.7 Å². The van der Waals surface area contributed by atoms with Crippen molar-refractivity contribution in [3.05, 3.63) is 29.8 Å². The summed E-state index contributed by atoms with van der Waals surface area (Å²) in [7, 11) is 1.58. The fraction of sp³-hybridized carbons (Fsp3) is 0.429. The smallest absolute Gasteiger partial charge is 0.253 e. The summed E-state index contributed by atoms with van der Waals surface area (Å²) in [5.41, 5.74) is 1.08. The molecule has 1 N–H and O–H groups in total. The van der Waals surface area contributed by atoms with Gasteiger partial charge in [-0.3, -0.25) is 4.79 Å². The molecule has 0 saturated heterocycles. The fourth-order valence-corrected chi connectivity index (χ4v) is 1.59. The van der Waals surface area contributed by atoms with Gasteiger partial charge in [0.2, 0.25) is 0 Å². The number of nitriles is 1. The van der Waals surface area contributed by atoms with Crippen LogP contribution >= 0.6 is 0 Å². The Kier molecular flexibility index (Phi) is 6.00. The highest BCUT2D eigenvalue weighted by Crippen LogP contribution is 2.11. The minimum atomic E-state index is -0.587. The Morgan fingerprint density at radius 3 is 2.84 bits per heavy atom. The van der Waals surface area contributed by atoms with Crippen molar-refractivity contribution in [1.29, 1.82) is 5.26 Å². The first-order chi connectivity index (χ1) is 9.06. The Morgan fingerprint density at radius 1 is 1.47 bits per heavy atom. The first-order valence-corrected chi connectivity index (χ1v) is 6.02. The Balaban J connectivity index is 2.56. The van der Waals surface area contributed by atoms with Gasteiger partial charge in [0.25, 0.3) is 5.91 Å². The number of carbonyl (C=O) groups excluding carboxylic acids is 1. The molecule has 1 amide bonds. The number of nitrogens with one attached hydrogen (secondary N) is 1. The molecule has 0 aromatic heterocycles. The van der Waals surface area contributed by atoms with Gasteiger partial charge in [-0.1, -0.05) is 6.07 Å². The number of rotatable bonds is 6. The van der Waals surface area contributed by atoms with E-state index in [1.807, 2.05) is 13.0 Å². The zero-order valence-electron chi connectivity index (χ0n) is 11.3. The Morgan fingerprint density at radius 2 is 2.21 bits per heavy atom. The lowest BCUT2D eigenvalue weighted by molar-refractivity contribution is -0.131. The molecular weight excluding hydrogens is 244 g/mol. The van der Waals surface area contributed by atoms with Crippen LogP contribution in [0.5, 0.6) is 0 Å². The molecular formula is C14H18N2O3. The third-order valence-corrected chi connectivity index (χ3v) is 2.47. The van der Waals surface area contributed by atoms with E-state index in [9.17, 15) is 4.79 Å². The first-order valence-electron chi connectivity index (χ1n) is 6.02. The first kappa shape index (κ1) is 15.2. The van der Waals surface area contributed by atoms with Crippen LogP contribution in [0.4, 0.5) is 5.69 Å². The predicted molar refractivity (Wildman–Crippen MR) is 71.7 cm³/mol. The molecule has 1 aromatic rings. The van der Waals surface area contributed by atoms with Gasteiger partial charge in [-0.05, 0) is 32.0 Å². The zero-order valence-corrected chi connectivity index (χ0v) is 11.3. The topological polar surface area (TPSA) is 71.3 Å². The number of carbonyl (C=O) groups is 1. The molecule has 5 nitrogen and oxygen atoms in total. The van der Waals surface area contributed by atoms with E-state index in [1.165, 1.54) is 0 Å². The summed E-state index contributed by atoms with van der Waals surface area (Å²) >= 11 is 0. The summed E-state index contributed by atoms with van der Waals surface area (Å²) in [4.78, 5) is 11.9. The van der Waals surface area contributed by atoms with Crippen LogP contribution in [-0.2, 0) is 14.3 Å². The Hall–Kier alpha value is -1.90. The fourth-order valence-electron chi connectivity index (χ4n) is 1.59. The van der Waals surface area contributed by atoms with E-state index in [0.29, 0.717) is 17.9 Å². The lowest BCUT2D eigenvalue weighted by Gasteiger charge is -2.18. The van der Waals surface area contributed by atoms with Gasteiger partial charge in [-0.25, -0.2) is 0 Å². The molecule has 1 aromatic carbocycles. The van der Waals surface area contributed by atoms with Crippen molar-refractivity contribution in [1.82, 2.24) is 0 Å². The minimum Gasteiger partial charge on any atom is -0.382 e. The van der Waals surface area contributed by atoms with Crippen molar-refractivity contribution in [3.8, 4) is 6.07 Å². The number of ether oxygens (including phenoxy) is 2. The summed E-state index contributed by atoms with van der Waals surface area (Å²) in [5.74, 6) is -0.252. The maximum atomic E-state index is 11.9. The van der Waals surface area contributed by atoms with Crippen LogP contribution in [0.15, 0.2) is 24.3 Å². The van der Waals surface area contributed by atoms with Crippen molar-refractivity contribution in [3.63, 3.8) is 0 Å². The van der Waals surface area contributed by atoms with Crippen LogP contribution in [0, 0.1) is 11.3 Å². The summed E-state index contributed by atoms with van der Waals surface area (Å²) in [5, 5.41) is 11.5. The van der Waals surface area contributed by atoms with Crippen LogP contribution in [-0.4, -0.2) is 31.8 Å². The number of nitrogens with zero attached hydrogens (tertiary/aromatic N) is 1. The molecule has 0 aliphatic rings. The number of amides is 1. The van der Waals surface area contributed by atoms with Gasteiger partial charge in [0.1, 0.15) is 6.10 Å². The second-order valence-electron chi connectivity index (χ2n) is 4.23. The van der Waals surface area contributed by atoms with Crippen LogP contribution in [0.25, 0.3) is 0 Å². The second kappa shape index (κ2) is 7.52. The van der Waals surface area contributed by atoms with Crippen molar-refractivity contribution in [2.24, 2.45) is 0 Å². The third-order valence-electron chi connectivity index (χ3n) is 2.47. The highest BCUT2D eigenvalue weighted by Gasteiger charge is 2.16. The van der Waals surface area contributed by atoms with Crippen molar-refractivity contribution >= 4 is 11.6 Å². The quantitative estimate of drug-likeness (QED) is 0.850. The van der Waals surface area contributed by atoms with Crippen molar-refractivity contribution in [2.75, 3.05) is 19.0 Å². The van der Waals surface area contributed by atoms with E-state index in [0.717, 1.165) is 0 Å². The summed E-state index contributed by atoms with van der Waals surface area (Å²) in [6.07, 6.45) is -0.743. The average Bonchev–Trinajstić information content (AvgIpc) is 2.39. The highest BCUT2D eigenvalue weighted by molar-refractivity contribution is 5.94. The zero-order chi connectivity index (χ0) is 14.3. The minimum absolute atomic E-state index is 0.156. The van der Waals surface area contributed by atoms with Crippen LogP contribution < -0.4 is 5.32 Å². The monoisotopic (exact) mass is 262 g/mol. The molecule has 19 heavy (non-hydrogen) atoms. The van der Waals surface area contributed by atoms with E-state index in [1.54, 1.807) is 38.3 Å². The van der Waals surface area contributed by atoms with Gasteiger partial charge in [0, 0.05) is 12.8 Å². The summed E-state index contributed by atoms with van der Waals surface area (Å²) in [6.45, 7) is 3.95. The molecule has 0 saturated carbocycles. The van der Waals surface area contributed by atoms with E-state index >= 15 is 0 Å². The maximum Gasteiger partial charge on any atom is 0.253 e. The standard InChI is InChI=1S/C14H18N2O3/c1-10(9-18-3)19-11(2)14(17)16-13-6-4-5-12(7-13)8-15/h4-7,10-11H,9H2,1-3H3,(H,16,17). The molecule has 0 aliphatic heterocycles. The lowest BCUT2D eigenvalue weighted by Crippen LogP contribution is -2.32. The maximum absolute atomic E-state index is 11.9. The van der Waals surface area contributed by atoms with Gasteiger partial charge >= 0.3 is 0 Å². The van der Waals surface area contributed by atoms with Crippen LogP contribution in [0.2, 0.25) is 0 Å². The number of anilines is 1. The third kappa shape index (κ3) is 5.08. The number of hydrogen-bond donors (Lipinski definition) is 1.